The van der Waals surface area contributed by atoms with Crippen molar-refractivity contribution in [1.29, 1.82) is 0 Å². The molecule has 1 aromatic heterocycles. The maximum Gasteiger partial charge on any atom is 0.272 e. The highest BCUT2D eigenvalue weighted by atomic mass is 35.5. The highest BCUT2D eigenvalue weighted by Crippen LogP contribution is 2.13. The van der Waals surface area contributed by atoms with E-state index in [2.05, 4.69) is 4.98 Å². The summed E-state index contributed by atoms with van der Waals surface area (Å²) in [6.45, 7) is 1.63. The van der Waals surface area contributed by atoms with Gasteiger partial charge in [0, 0.05) is 30.8 Å². The number of rotatable bonds is 1. The van der Waals surface area contributed by atoms with E-state index in [-0.39, 0.29) is 5.91 Å². The van der Waals surface area contributed by atoms with Crippen molar-refractivity contribution in [3.05, 3.63) is 29.0 Å². The summed E-state index contributed by atoms with van der Waals surface area (Å²) in [5.74, 6) is 2.03. The molecule has 15 heavy (non-hydrogen) atoms. The number of thioether (sulfide) groups is 1. The Kier molecular flexibility index (Phi) is 3.49. The Morgan fingerprint density at radius 3 is 2.73 bits per heavy atom. The largest absolute Gasteiger partial charge is 0.336 e. The third kappa shape index (κ3) is 2.63. The molecule has 1 amide bonds. The summed E-state index contributed by atoms with van der Waals surface area (Å²) in [6.07, 6.45) is 1.51. The molecule has 0 bridgehead atoms. The van der Waals surface area contributed by atoms with Gasteiger partial charge in [0.1, 0.15) is 5.69 Å². The highest BCUT2D eigenvalue weighted by molar-refractivity contribution is 7.99. The molecule has 0 radical (unpaired) electrons. The van der Waals surface area contributed by atoms with E-state index in [9.17, 15) is 4.79 Å². The summed E-state index contributed by atoms with van der Waals surface area (Å²) in [5, 5.41) is 0.556. The maximum atomic E-state index is 11.9. The minimum atomic E-state index is 0.00645. The van der Waals surface area contributed by atoms with Crippen LogP contribution in [0.3, 0.4) is 0 Å². The van der Waals surface area contributed by atoms with Crippen molar-refractivity contribution in [3.8, 4) is 0 Å². The molecule has 1 aliphatic rings. The summed E-state index contributed by atoms with van der Waals surface area (Å²) >= 11 is 7.59. The molecule has 0 aromatic carbocycles. The van der Waals surface area contributed by atoms with Gasteiger partial charge in [0.25, 0.3) is 5.91 Å². The van der Waals surface area contributed by atoms with Gasteiger partial charge in [0.2, 0.25) is 0 Å². The number of nitrogens with zero attached hydrogens (tertiary/aromatic N) is 2. The van der Waals surface area contributed by atoms with Crippen LogP contribution in [0.1, 0.15) is 10.5 Å². The molecule has 0 aliphatic carbocycles. The van der Waals surface area contributed by atoms with Gasteiger partial charge in [-0.1, -0.05) is 11.6 Å². The number of aromatic nitrogens is 1. The maximum absolute atomic E-state index is 11.9. The lowest BCUT2D eigenvalue weighted by Gasteiger charge is -2.25. The SMILES string of the molecule is O=C(c1ccc(Cl)cn1)N1CCSCC1. The second-order valence-corrected chi connectivity index (χ2v) is 4.93. The predicted molar refractivity (Wildman–Crippen MR) is 62.5 cm³/mol. The number of halogens is 1. The number of carbonyl (C=O) groups is 1. The molecule has 2 heterocycles. The fourth-order valence-corrected chi connectivity index (χ4v) is 2.45. The van der Waals surface area contributed by atoms with Crippen molar-refractivity contribution in [2.24, 2.45) is 0 Å². The number of hydrogen-bond donors (Lipinski definition) is 0. The van der Waals surface area contributed by atoms with E-state index in [1.54, 1.807) is 12.1 Å². The van der Waals surface area contributed by atoms with Crippen molar-refractivity contribution < 1.29 is 4.79 Å². The van der Waals surface area contributed by atoms with E-state index in [1.165, 1.54) is 6.20 Å². The molecule has 0 unspecified atom stereocenters. The smallest absolute Gasteiger partial charge is 0.272 e. The molecule has 1 aliphatic heterocycles. The van der Waals surface area contributed by atoms with E-state index in [0.717, 1.165) is 24.6 Å². The van der Waals surface area contributed by atoms with Crippen LogP contribution in [0.4, 0.5) is 0 Å². The van der Waals surface area contributed by atoms with Crippen molar-refractivity contribution in [3.63, 3.8) is 0 Å². The average Bonchev–Trinajstić information content (AvgIpc) is 2.30. The van der Waals surface area contributed by atoms with Crippen LogP contribution in [-0.4, -0.2) is 40.4 Å². The van der Waals surface area contributed by atoms with E-state index in [1.807, 2.05) is 16.7 Å². The zero-order chi connectivity index (χ0) is 10.7. The summed E-state index contributed by atoms with van der Waals surface area (Å²) in [7, 11) is 0. The van der Waals surface area contributed by atoms with Crippen LogP contribution in [0.2, 0.25) is 5.02 Å². The Labute approximate surface area is 97.8 Å². The number of hydrogen-bond acceptors (Lipinski definition) is 3. The number of pyridine rings is 1. The van der Waals surface area contributed by atoms with Gasteiger partial charge in [-0.2, -0.15) is 11.8 Å². The van der Waals surface area contributed by atoms with Crippen LogP contribution in [0.5, 0.6) is 0 Å². The molecular formula is C10H11ClN2OS. The molecule has 3 nitrogen and oxygen atoms in total. The van der Waals surface area contributed by atoms with Crippen LogP contribution < -0.4 is 0 Å². The Morgan fingerprint density at radius 1 is 1.40 bits per heavy atom. The molecule has 1 fully saturated rings. The third-order valence-electron chi connectivity index (χ3n) is 2.24. The van der Waals surface area contributed by atoms with E-state index >= 15 is 0 Å². The normalized spacial score (nSPS) is 16.5. The van der Waals surface area contributed by atoms with Gasteiger partial charge in [-0.15, -0.1) is 0 Å². The van der Waals surface area contributed by atoms with E-state index < -0.39 is 0 Å². The average molecular weight is 243 g/mol. The lowest BCUT2D eigenvalue weighted by molar-refractivity contribution is 0.0766. The second kappa shape index (κ2) is 4.86. The first-order chi connectivity index (χ1) is 7.27. The zero-order valence-corrected chi connectivity index (χ0v) is 9.72. The van der Waals surface area contributed by atoms with Crippen molar-refractivity contribution in [1.82, 2.24) is 9.88 Å². The first-order valence-corrected chi connectivity index (χ1v) is 6.29. The molecule has 5 heteroatoms. The van der Waals surface area contributed by atoms with Crippen LogP contribution in [0.15, 0.2) is 18.3 Å². The molecule has 0 spiro atoms. The standard InChI is InChI=1S/C10H11ClN2OS/c11-8-1-2-9(12-7-8)10(14)13-3-5-15-6-4-13/h1-2,7H,3-6H2. The van der Waals surface area contributed by atoms with E-state index in [4.69, 9.17) is 11.6 Å². The van der Waals surface area contributed by atoms with Crippen molar-refractivity contribution in [2.45, 2.75) is 0 Å². The monoisotopic (exact) mass is 242 g/mol. The predicted octanol–water partition coefficient (Wildman–Crippen LogP) is 1.92. The first kappa shape index (κ1) is 10.8. The summed E-state index contributed by atoms with van der Waals surface area (Å²) in [5.41, 5.74) is 0.478. The third-order valence-corrected chi connectivity index (χ3v) is 3.41. The van der Waals surface area contributed by atoms with Gasteiger partial charge >= 0.3 is 0 Å². The molecule has 1 saturated heterocycles. The minimum absolute atomic E-state index is 0.00645. The van der Waals surface area contributed by atoms with Crippen LogP contribution in [-0.2, 0) is 0 Å². The summed E-state index contributed by atoms with van der Waals surface area (Å²) < 4.78 is 0. The lowest BCUT2D eigenvalue weighted by atomic mass is 10.3. The van der Waals surface area contributed by atoms with Crippen molar-refractivity contribution in [2.75, 3.05) is 24.6 Å². The van der Waals surface area contributed by atoms with Gasteiger partial charge in [-0.05, 0) is 12.1 Å². The Hall–Kier alpha value is -0.740. The fourth-order valence-electron chi connectivity index (χ4n) is 1.43. The first-order valence-electron chi connectivity index (χ1n) is 4.76. The second-order valence-electron chi connectivity index (χ2n) is 3.27. The Balaban J connectivity index is 2.09. The lowest BCUT2D eigenvalue weighted by Crippen LogP contribution is -2.38. The van der Waals surface area contributed by atoms with Gasteiger partial charge < -0.3 is 4.90 Å². The molecule has 1 aromatic rings. The molecule has 2 rings (SSSR count). The van der Waals surface area contributed by atoms with Crippen molar-refractivity contribution >= 4 is 29.3 Å². The Morgan fingerprint density at radius 2 is 2.13 bits per heavy atom. The summed E-state index contributed by atoms with van der Waals surface area (Å²) in [6, 6.07) is 3.37. The van der Waals surface area contributed by atoms with Gasteiger partial charge in [0.15, 0.2) is 0 Å². The van der Waals surface area contributed by atoms with Crippen LogP contribution >= 0.6 is 23.4 Å². The van der Waals surface area contributed by atoms with Gasteiger partial charge in [-0.3, -0.25) is 4.79 Å². The van der Waals surface area contributed by atoms with Gasteiger partial charge in [-0.25, -0.2) is 4.98 Å². The fraction of sp³-hybridized carbons (Fsp3) is 0.400. The zero-order valence-electron chi connectivity index (χ0n) is 8.15. The minimum Gasteiger partial charge on any atom is -0.336 e. The topological polar surface area (TPSA) is 33.2 Å². The molecule has 0 saturated carbocycles. The van der Waals surface area contributed by atoms with E-state index in [0.29, 0.717) is 10.7 Å². The molecule has 80 valence electrons. The molecule has 0 atom stereocenters. The highest BCUT2D eigenvalue weighted by Gasteiger charge is 2.18. The number of carbonyl (C=O) groups excluding carboxylic acids is 1. The van der Waals surface area contributed by atoms with Gasteiger partial charge in [0.05, 0.1) is 5.02 Å². The number of amides is 1. The quantitative estimate of drug-likeness (QED) is 0.755. The van der Waals surface area contributed by atoms with Crippen LogP contribution in [0.25, 0.3) is 0 Å². The Bertz CT molecular complexity index is 349. The van der Waals surface area contributed by atoms with Crippen LogP contribution in [0, 0.1) is 0 Å². The summed E-state index contributed by atoms with van der Waals surface area (Å²) in [4.78, 5) is 17.8. The molecule has 0 N–H and O–H groups in total. The molecular weight excluding hydrogens is 232 g/mol.